The molecule has 2 amide bonds. The Morgan fingerprint density at radius 2 is 1.90 bits per heavy atom. The Bertz CT molecular complexity index is 952. The summed E-state index contributed by atoms with van der Waals surface area (Å²) in [6.07, 6.45) is 5.60. The minimum Gasteiger partial charge on any atom is -0.486 e. The molecule has 30 heavy (non-hydrogen) atoms. The largest absolute Gasteiger partial charge is 0.486 e. The van der Waals surface area contributed by atoms with Gasteiger partial charge in [0.1, 0.15) is 13.2 Å². The van der Waals surface area contributed by atoms with Crippen LogP contribution >= 0.6 is 0 Å². The van der Waals surface area contributed by atoms with Gasteiger partial charge in [0.25, 0.3) is 0 Å². The monoisotopic (exact) mass is 406 g/mol. The van der Waals surface area contributed by atoms with Crippen LogP contribution in [0.25, 0.3) is 6.08 Å². The summed E-state index contributed by atoms with van der Waals surface area (Å²) < 4.78 is 11.2. The van der Waals surface area contributed by atoms with Gasteiger partial charge in [0.15, 0.2) is 11.5 Å². The minimum atomic E-state index is -0.157. The average Bonchev–Trinajstić information content (AvgIpc) is 3.22. The molecule has 1 fully saturated rings. The van der Waals surface area contributed by atoms with Crippen molar-refractivity contribution in [3.05, 3.63) is 59.7 Å². The summed E-state index contributed by atoms with van der Waals surface area (Å²) in [5.41, 5.74) is 2.81. The fraction of sp³-hybridized carbons (Fsp3) is 0.333. The molecule has 0 aliphatic carbocycles. The number of ether oxygens (including phenoxy) is 2. The third-order valence-electron chi connectivity index (χ3n) is 5.40. The molecule has 6 nitrogen and oxygen atoms in total. The van der Waals surface area contributed by atoms with Gasteiger partial charge in [-0.05, 0) is 54.3 Å². The van der Waals surface area contributed by atoms with E-state index in [0.29, 0.717) is 19.6 Å². The van der Waals surface area contributed by atoms with Crippen LogP contribution in [0.2, 0.25) is 0 Å². The van der Waals surface area contributed by atoms with E-state index in [9.17, 15) is 9.59 Å². The van der Waals surface area contributed by atoms with Crippen LogP contribution in [-0.4, -0.2) is 31.6 Å². The van der Waals surface area contributed by atoms with Gasteiger partial charge in [-0.25, -0.2) is 0 Å². The summed E-state index contributed by atoms with van der Waals surface area (Å²) >= 11 is 0. The Labute approximate surface area is 176 Å². The first kappa shape index (κ1) is 20.0. The molecule has 1 N–H and O–H groups in total. The fourth-order valence-corrected chi connectivity index (χ4v) is 3.78. The van der Waals surface area contributed by atoms with Crippen molar-refractivity contribution in [2.45, 2.75) is 32.2 Å². The molecule has 2 aliphatic rings. The normalized spacial score (nSPS) is 16.7. The molecule has 0 spiro atoms. The van der Waals surface area contributed by atoms with Crippen molar-refractivity contribution in [3.8, 4) is 11.5 Å². The molecule has 2 aromatic rings. The topological polar surface area (TPSA) is 67.9 Å². The summed E-state index contributed by atoms with van der Waals surface area (Å²) in [5.74, 6) is 1.47. The highest BCUT2D eigenvalue weighted by atomic mass is 16.6. The van der Waals surface area contributed by atoms with Gasteiger partial charge in [-0.15, -0.1) is 0 Å². The van der Waals surface area contributed by atoms with Gasteiger partial charge in [-0.3, -0.25) is 9.59 Å². The van der Waals surface area contributed by atoms with Gasteiger partial charge in [0.05, 0.1) is 6.04 Å². The zero-order chi connectivity index (χ0) is 20.9. The molecule has 2 heterocycles. The lowest BCUT2D eigenvalue weighted by atomic mass is 10.0. The molecule has 0 bridgehead atoms. The van der Waals surface area contributed by atoms with E-state index < -0.39 is 0 Å². The number of carbonyl (C=O) groups excluding carboxylic acids is 2. The molecular formula is C24H26N2O4. The summed E-state index contributed by atoms with van der Waals surface area (Å²) in [7, 11) is 0. The number of hydrogen-bond acceptors (Lipinski definition) is 4. The molecule has 0 aromatic heterocycles. The molecule has 0 radical (unpaired) electrons. The molecule has 1 saturated heterocycles. The molecular weight excluding hydrogens is 380 g/mol. The number of fused-ring (bicyclic) bond motifs is 1. The number of benzene rings is 2. The van der Waals surface area contributed by atoms with Gasteiger partial charge >= 0.3 is 0 Å². The van der Waals surface area contributed by atoms with Crippen molar-refractivity contribution >= 4 is 23.6 Å². The van der Waals surface area contributed by atoms with Crippen LogP contribution in [-0.2, 0) is 9.59 Å². The van der Waals surface area contributed by atoms with Crippen molar-refractivity contribution in [3.63, 3.8) is 0 Å². The van der Waals surface area contributed by atoms with Gasteiger partial charge < -0.3 is 19.7 Å². The number of nitrogens with zero attached hydrogens (tertiary/aromatic N) is 1. The summed E-state index contributed by atoms with van der Waals surface area (Å²) in [4.78, 5) is 26.1. The Balaban J connectivity index is 1.38. The Morgan fingerprint density at radius 3 is 2.60 bits per heavy atom. The van der Waals surface area contributed by atoms with E-state index >= 15 is 0 Å². The lowest BCUT2D eigenvalue weighted by Gasteiger charge is -2.22. The number of carbonyl (C=O) groups is 2. The van der Waals surface area contributed by atoms with Crippen molar-refractivity contribution in [1.82, 2.24) is 5.32 Å². The van der Waals surface area contributed by atoms with Gasteiger partial charge in [-0.2, -0.15) is 0 Å². The van der Waals surface area contributed by atoms with Crippen LogP contribution in [0.1, 0.15) is 43.4 Å². The van der Waals surface area contributed by atoms with Crippen LogP contribution in [0.15, 0.2) is 48.5 Å². The second-order valence-electron chi connectivity index (χ2n) is 7.45. The maximum Gasteiger partial charge on any atom is 0.244 e. The molecule has 4 rings (SSSR count). The van der Waals surface area contributed by atoms with Crippen molar-refractivity contribution in [2.75, 3.05) is 24.7 Å². The molecule has 0 saturated carbocycles. The lowest BCUT2D eigenvalue weighted by Crippen LogP contribution is -2.26. The van der Waals surface area contributed by atoms with Crippen LogP contribution in [0.3, 0.4) is 0 Å². The quantitative estimate of drug-likeness (QED) is 0.740. The SMILES string of the molecule is CCC(NC(=O)/C=C/c1ccc(N2CCCC2=O)cc1)c1ccc2c(c1)OCCO2. The maximum atomic E-state index is 12.5. The minimum absolute atomic E-state index is 0.110. The number of nitrogens with one attached hydrogen (secondary N) is 1. The molecule has 1 atom stereocenters. The third kappa shape index (κ3) is 4.48. The van der Waals surface area contributed by atoms with Crippen molar-refractivity contribution in [2.24, 2.45) is 0 Å². The summed E-state index contributed by atoms with van der Waals surface area (Å²) in [6, 6.07) is 13.4. The zero-order valence-corrected chi connectivity index (χ0v) is 17.1. The molecule has 1 unspecified atom stereocenters. The highest BCUT2D eigenvalue weighted by Gasteiger charge is 2.21. The standard InChI is InChI=1S/C24H26N2O4/c1-2-20(18-8-11-21-22(16-18)30-15-14-29-21)25-23(27)12-7-17-5-9-19(10-6-17)26-13-3-4-24(26)28/h5-12,16,20H,2-4,13-15H2,1H3,(H,25,27)/b12-7+. The highest BCUT2D eigenvalue weighted by Crippen LogP contribution is 2.33. The molecule has 156 valence electrons. The maximum absolute atomic E-state index is 12.5. The number of rotatable bonds is 6. The Hall–Kier alpha value is -3.28. The smallest absolute Gasteiger partial charge is 0.244 e. The number of amides is 2. The first-order valence-corrected chi connectivity index (χ1v) is 10.4. The molecule has 2 aromatic carbocycles. The fourth-order valence-electron chi connectivity index (χ4n) is 3.78. The second kappa shape index (κ2) is 9.03. The Morgan fingerprint density at radius 1 is 1.13 bits per heavy atom. The van der Waals surface area contributed by atoms with E-state index in [1.165, 1.54) is 6.08 Å². The van der Waals surface area contributed by atoms with Crippen molar-refractivity contribution in [1.29, 1.82) is 0 Å². The van der Waals surface area contributed by atoms with Crippen LogP contribution in [0, 0.1) is 0 Å². The predicted octanol–water partition coefficient (Wildman–Crippen LogP) is 3.87. The van der Waals surface area contributed by atoms with E-state index in [1.54, 1.807) is 11.0 Å². The first-order chi connectivity index (χ1) is 14.6. The van der Waals surface area contributed by atoms with Crippen molar-refractivity contribution < 1.29 is 19.1 Å². The van der Waals surface area contributed by atoms with E-state index in [-0.39, 0.29) is 17.9 Å². The Kier molecular flexibility index (Phi) is 6.02. The average molecular weight is 406 g/mol. The predicted molar refractivity (Wildman–Crippen MR) is 116 cm³/mol. The van der Waals surface area contributed by atoms with Crippen LogP contribution in [0.4, 0.5) is 5.69 Å². The summed E-state index contributed by atoms with van der Waals surface area (Å²) in [5, 5.41) is 3.05. The lowest BCUT2D eigenvalue weighted by molar-refractivity contribution is -0.117. The zero-order valence-electron chi connectivity index (χ0n) is 17.1. The first-order valence-electron chi connectivity index (χ1n) is 10.4. The number of anilines is 1. The van der Waals surface area contributed by atoms with Crippen LogP contribution < -0.4 is 19.7 Å². The molecule has 6 heteroatoms. The summed E-state index contributed by atoms with van der Waals surface area (Å²) in [6.45, 7) is 3.89. The van der Waals surface area contributed by atoms with Gasteiger partial charge in [0, 0.05) is 24.7 Å². The number of hydrogen-bond donors (Lipinski definition) is 1. The van der Waals surface area contributed by atoms with E-state index in [0.717, 1.165) is 47.7 Å². The van der Waals surface area contributed by atoms with E-state index in [4.69, 9.17) is 9.47 Å². The van der Waals surface area contributed by atoms with Gasteiger partial charge in [0.2, 0.25) is 11.8 Å². The van der Waals surface area contributed by atoms with E-state index in [2.05, 4.69) is 5.32 Å². The third-order valence-corrected chi connectivity index (χ3v) is 5.40. The molecule has 2 aliphatic heterocycles. The second-order valence-corrected chi connectivity index (χ2v) is 7.45. The van der Waals surface area contributed by atoms with Gasteiger partial charge in [-0.1, -0.05) is 25.1 Å². The van der Waals surface area contributed by atoms with E-state index in [1.807, 2.05) is 49.4 Å². The highest BCUT2D eigenvalue weighted by molar-refractivity contribution is 5.95. The van der Waals surface area contributed by atoms with Crippen LogP contribution in [0.5, 0.6) is 11.5 Å².